The third-order valence-electron chi connectivity index (χ3n) is 5.87. The van der Waals surface area contributed by atoms with Crippen LogP contribution in [0.3, 0.4) is 0 Å². The number of nitro benzene ring substituents is 1. The van der Waals surface area contributed by atoms with Crippen molar-refractivity contribution in [3.63, 3.8) is 0 Å². The van der Waals surface area contributed by atoms with Crippen molar-refractivity contribution in [2.45, 2.75) is 0 Å². The van der Waals surface area contributed by atoms with E-state index in [1.807, 2.05) is 60.7 Å². The lowest BCUT2D eigenvalue weighted by atomic mass is 9.93. The molecule has 0 amide bonds. The number of rotatable bonds is 2. The largest absolute Gasteiger partial charge is 0.288 e. The van der Waals surface area contributed by atoms with E-state index < -0.39 is 4.92 Å². The molecule has 5 heteroatoms. The molecule has 146 valence electrons. The maximum absolute atomic E-state index is 13.5. The zero-order chi connectivity index (χ0) is 21.1. The number of hydrogen-bond donors (Lipinski definition) is 0. The summed E-state index contributed by atoms with van der Waals surface area (Å²) in [7, 11) is 0. The number of aromatic nitrogens is 1. The van der Waals surface area contributed by atoms with Gasteiger partial charge >= 0.3 is 0 Å². The average molecular weight is 402 g/mol. The summed E-state index contributed by atoms with van der Waals surface area (Å²) in [6.45, 7) is 0. The number of carbonyl (C=O) groups is 1. The highest BCUT2D eigenvalue weighted by Crippen LogP contribution is 2.46. The standard InChI is InChI=1S/C26H14N2O3/c29-26-20-11-4-3-10-19(20)23-22-18-9-2-1-6-15(18)12-13-21(22)27-25(24(23)26)16-7-5-8-17(14-16)28(30)31/h1-14H. The molecular weight excluding hydrogens is 388 g/mol. The first-order chi connectivity index (χ1) is 15.1. The molecule has 4 aromatic carbocycles. The van der Waals surface area contributed by atoms with Gasteiger partial charge in [-0.05, 0) is 22.4 Å². The van der Waals surface area contributed by atoms with Crippen LogP contribution in [0.1, 0.15) is 15.9 Å². The van der Waals surface area contributed by atoms with Gasteiger partial charge < -0.3 is 0 Å². The van der Waals surface area contributed by atoms with Gasteiger partial charge in [0.25, 0.3) is 5.69 Å². The number of carbonyl (C=O) groups excluding carboxylic acids is 1. The van der Waals surface area contributed by atoms with Gasteiger partial charge in [-0.3, -0.25) is 14.9 Å². The molecule has 0 spiro atoms. The third-order valence-corrected chi connectivity index (χ3v) is 5.87. The van der Waals surface area contributed by atoms with Crippen LogP contribution in [0, 0.1) is 10.1 Å². The highest BCUT2D eigenvalue weighted by Gasteiger charge is 2.33. The van der Waals surface area contributed by atoms with Crippen LogP contribution >= 0.6 is 0 Å². The van der Waals surface area contributed by atoms with Crippen molar-refractivity contribution in [3.8, 4) is 22.4 Å². The molecule has 31 heavy (non-hydrogen) atoms. The fraction of sp³-hybridized carbons (Fsp3) is 0. The SMILES string of the molecule is O=C1c2ccccc2-c2c1c(-c1cccc([N+](=O)[O-])c1)nc1ccc3ccccc3c21. The lowest BCUT2D eigenvalue weighted by Gasteiger charge is -2.13. The molecule has 0 aliphatic heterocycles. The van der Waals surface area contributed by atoms with Crippen LogP contribution in [0.5, 0.6) is 0 Å². The Labute approximate surface area is 176 Å². The first-order valence-corrected chi connectivity index (χ1v) is 9.88. The Morgan fingerprint density at radius 1 is 0.774 bits per heavy atom. The van der Waals surface area contributed by atoms with Gasteiger partial charge in [0.05, 0.1) is 21.7 Å². The molecule has 6 rings (SSSR count). The molecule has 0 fully saturated rings. The Morgan fingerprint density at radius 2 is 1.55 bits per heavy atom. The molecule has 0 N–H and O–H groups in total. The zero-order valence-corrected chi connectivity index (χ0v) is 16.2. The molecule has 1 aliphatic rings. The minimum Gasteiger partial charge on any atom is -0.288 e. The van der Waals surface area contributed by atoms with Crippen molar-refractivity contribution >= 4 is 33.1 Å². The van der Waals surface area contributed by atoms with Crippen LogP contribution < -0.4 is 0 Å². The average Bonchev–Trinajstić information content (AvgIpc) is 3.11. The van der Waals surface area contributed by atoms with Crippen molar-refractivity contribution in [2.75, 3.05) is 0 Å². The minimum atomic E-state index is -0.436. The molecule has 0 saturated heterocycles. The van der Waals surface area contributed by atoms with Crippen molar-refractivity contribution in [2.24, 2.45) is 0 Å². The van der Waals surface area contributed by atoms with E-state index in [0.717, 1.165) is 32.8 Å². The highest BCUT2D eigenvalue weighted by molar-refractivity contribution is 6.30. The first kappa shape index (κ1) is 17.5. The molecule has 0 radical (unpaired) electrons. The van der Waals surface area contributed by atoms with Crippen molar-refractivity contribution in [3.05, 3.63) is 106 Å². The summed E-state index contributed by atoms with van der Waals surface area (Å²) in [6, 6.07) is 25.9. The predicted octanol–water partition coefficient (Wildman–Crippen LogP) is 6.17. The Bertz CT molecular complexity index is 1590. The number of nitro groups is 1. The molecule has 0 bridgehead atoms. The number of benzene rings is 4. The van der Waals surface area contributed by atoms with Crippen LogP contribution in [0.2, 0.25) is 0 Å². The molecule has 5 aromatic rings. The smallest absolute Gasteiger partial charge is 0.270 e. The third kappa shape index (κ3) is 2.43. The van der Waals surface area contributed by atoms with Gasteiger partial charge in [0.15, 0.2) is 5.78 Å². The van der Waals surface area contributed by atoms with Crippen molar-refractivity contribution in [1.29, 1.82) is 0 Å². The summed E-state index contributed by atoms with van der Waals surface area (Å²) in [5.74, 6) is -0.102. The number of fused-ring (bicyclic) bond motifs is 7. The van der Waals surface area contributed by atoms with Crippen LogP contribution in [0.25, 0.3) is 44.1 Å². The minimum absolute atomic E-state index is 0.0328. The summed E-state index contributed by atoms with van der Waals surface area (Å²) < 4.78 is 0. The van der Waals surface area contributed by atoms with E-state index in [2.05, 4.69) is 0 Å². The topological polar surface area (TPSA) is 73.1 Å². The van der Waals surface area contributed by atoms with Gasteiger partial charge in [0.2, 0.25) is 0 Å². The summed E-state index contributed by atoms with van der Waals surface area (Å²) in [5, 5.41) is 14.4. The quantitative estimate of drug-likeness (QED) is 0.197. The Morgan fingerprint density at radius 3 is 2.39 bits per heavy atom. The second kappa shape index (κ2) is 6.31. The predicted molar refractivity (Wildman–Crippen MR) is 120 cm³/mol. The van der Waals surface area contributed by atoms with Gasteiger partial charge in [-0.2, -0.15) is 0 Å². The van der Waals surface area contributed by atoms with Gasteiger partial charge in [-0.15, -0.1) is 0 Å². The van der Waals surface area contributed by atoms with Gasteiger partial charge in [-0.1, -0.05) is 66.7 Å². The highest BCUT2D eigenvalue weighted by atomic mass is 16.6. The van der Waals surface area contributed by atoms with Crippen molar-refractivity contribution < 1.29 is 9.72 Å². The maximum atomic E-state index is 13.5. The summed E-state index contributed by atoms with van der Waals surface area (Å²) in [5.41, 5.74) is 4.61. The Balaban J connectivity index is 1.80. The van der Waals surface area contributed by atoms with Crippen LogP contribution in [0.4, 0.5) is 5.69 Å². The summed E-state index contributed by atoms with van der Waals surface area (Å²) in [6.07, 6.45) is 0. The lowest BCUT2D eigenvalue weighted by molar-refractivity contribution is -0.384. The molecule has 0 atom stereocenters. The molecule has 0 unspecified atom stereocenters. The lowest BCUT2D eigenvalue weighted by Crippen LogP contribution is -2.02. The second-order valence-electron chi connectivity index (χ2n) is 7.57. The van der Waals surface area contributed by atoms with Crippen LogP contribution in [-0.2, 0) is 0 Å². The van der Waals surface area contributed by atoms with E-state index in [-0.39, 0.29) is 11.5 Å². The molecule has 1 heterocycles. The number of nitrogens with zero attached hydrogens (tertiary/aromatic N) is 2. The van der Waals surface area contributed by atoms with Gasteiger partial charge in [0, 0.05) is 34.2 Å². The van der Waals surface area contributed by atoms with E-state index in [0.29, 0.717) is 22.4 Å². The monoisotopic (exact) mass is 402 g/mol. The van der Waals surface area contributed by atoms with E-state index in [4.69, 9.17) is 4.98 Å². The maximum Gasteiger partial charge on any atom is 0.270 e. The van der Waals surface area contributed by atoms with E-state index >= 15 is 0 Å². The first-order valence-electron chi connectivity index (χ1n) is 9.88. The number of pyridine rings is 1. The molecular formula is C26H14N2O3. The number of ketones is 1. The fourth-order valence-corrected chi connectivity index (χ4v) is 4.54. The van der Waals surface area contributed by atoms with Gasteiger partial charge in [0.1, 0.15) is 0 Å². The number of non-ortho nitro benzene ring substituents is 1. The fourth-order valence-electron chi connectivity index (χ4n) is 4.54. The molecule has 0 saturated carbocycles. The van der Waals surface area contributed by atoms with Crippen LogP contribution in [0.15, 0.2) is 84.9 Å². The van der Waals surface area contributed by atoms with Crippen LogP contribution in [-0.4, -0.2) is 15.7 Å². The molecule has 5 nitrogen and oxygen atoms in total. The normalized spacial score (nSPS) is 12.2. The zero-order valence-electron chi connectivity index (χ0n) is 16.2. The van der Waals surface area contributed by atoms with Crippen molar-refractivity contribution in [1.82, 2.24) is 4.98 Å². The summed E-state index contributed by atoms with van der Waals surface area (Å²) in [4.78, 5) is 29.3. The summed E-state index contributed by atoms with van der Waals surface area (Å²) >= 11 is 0. The number of hydrogen-bond acceptors (Lipinski definition) is 4. The van der Waals surface area contributed by atoms with Gasteiger partial charge in [-0.25, -0.2) is 4.98 Å². The van der Waals surface area contributed by atoms with E-state index in [9.17, 15) is 14.9 Å². The Kier molecular flexibility index (Phi) is 3.56. The molecule has 1 aromatic heterocycles. The second-order valence-corrected chi connectivity index (χ2v) is 7.57. The van der Waals surface area contributed by atoms with E-state index in [1.54, 1.807) is 12.1 Å². The Hall–Kier alpha value is -4.38. The molecule has 1 aliphatic carbocycles. The van der Waals surface area contributed by atoms with E-state index in [1.165, 1.54) is 12.1 Å².